The predicted molar refractivity (Wildman–Crippen MR) is 71.6 cm³/mol. The number of nitrogens with zero attached hydrogens (tertiary/aromatic N) is 1. The summed E-state index contributed by atoms with van der Waals surface area (Å²) < 4.78 is 18.3. The molecule has 0 aromatic heterocycles. The average Bonchev–Trinajstić information content (AvgIpc) is 2.42. The summed E-state index contributed by atoms with van der Waals surface area (Å²) in [6.07, 6.45) is 2.86. The van der Waals surface area contributed by atoms with Gasteiger partial charge in [0.2, 0.25) is 0 Å². The second kappa shape index (κ2) is 5.97. The van der Waals surface area contributed by atoms with Crippen molar-refractivity contribution in [3.05, 3.63) is 46.8 Å². The molecule has 2 rings (SSSR count). The summed E-state index contributed by atoms with van der Waals surface area (Å²) in [6, 6.07) is 4.49. The molecular formula is C15H18FNO2. The van der Waals surface area contributed by atoms with Crippen molar-refractivity contribution < 1.29 is 13.9 Å². The van der Waals surface area contributed by atoms with E-state index in [1.165, 1.54) is 11.6 Å². The van der Waals surface area contributed by atoms with Crippen LogP contribution >= 0.6 is 0 Å². The van der Waals surface area contributed by atoms with E-state index >= 15 is 0 Å². The van der Waals surface area contributed by atoms with Crippen molar-refractivity contribution in [3.8, 4) is 0 Å². The summed E-state index contributed by atoms with van der Waals surface area (Å²) in [5.41, 5.74) is 2.27. The second-order valence-electron chi connectivity index (χ2n) is 4.76. The van der Waals surface area contributed by atoms with Crippen molar-refractivity contribution in [2.24, 2.45) is 0 Å². The predicted octanol–water partition coefficient (Wildman–Crippen LogP) is 2.55. The highest BCUT2D eigenvalue weighted by Gasteiger charge is 2.19. The first-order chi connectivity index (χ1) is 9.11. The molecule has 0 atom stereocenters. The van der Waals surface area contributed by atoms with Gasteiger partial charge in [-0.1, -0.05) is 6.08 Å². The van der Waals surface area contributed by atoms with E-state index in [0.29, 0.717) is 30.8 Å². The van der Waals surface area contributed by atoms with Crippen LogP contribution in [0.1, 0.15) is 22.3 Å². The number of hydrogen-bond acceptors (Lipinski definition) is 2. The summed E-state index contributed by atoms with van der Waals surface area (Å²) in [7, 11) is 1.67. The fourth-order valence-electron chi connectivity index (χ4n) is 2.17. The molecular weight excluding hydrogens is 245 g/mol. The Hall–Kier alpha value is -1.68. The largest absolute Gasteiger partial charge is 0.380 e. The van der Waals surface area contributed by atoms with Gasteiger partial charge in [0, 0.05) is 25.8 Å². The average molecular weight is 263 g/mol. The summed E-state index contributed by atoms with van der Waals surface area (Å²) in [5.74, 6) is -0.326. The Bertz CT molecular complexity index is 511. The highest BCUT2D eigenvalue weighted by atomic mass is 19.1. The van der Waals surface area contributed by atoms with E-state index in [1.807, 2.05) is 6.08 Å². The van der Waals surface area contributed by atoms with Crippen molar-refractivity contribution in [2.75, 3.05) is 26.8 Å². The maximum Gasteiger partial charge on any atom is 0.254 e. The molecule has 0 radical (unpaired) electrons. The van der Waals surface area contributed by atoms with Gasteiger partial charge in [0.05, 0.1) is 6.61 Å². The van der Waals surface area contributed by atoms with Crippen LogP contribution in [0.15, 0.2) is 29.8 Å². The number of amides is 1. The Morgan fingerprint density at radius 1 is 1.47 bits per heavy atom. The molecule has 0 saturated carbocycles. The molecule has 0 saturated heterocycles. The highest BCUT2D eigenvalue weighted by Crippen LogP contribution is 2.16. The summed E-state index contributed by atoms with van der Waals surface area (Å²) in [5, 5.41) is 0. The minimum atomic E-state index is -0.280. The topological polar surface area (TPSA) is 29.5 Å². The Morgan fingerprint density at radius 2 is 2.26 bits per heavy atom. The molecule has 0 spiro atoms. The van der Waals surface area contributed by atoms with Gasteiger partial charge in [0.1, 0.15) is 5.82 Å². The van der Waals surface area contributed by atoms with Crippen LogP contribution in [0.3, 0.4) is 0 Å². The van der Waals surface area contributed by atoms with Crippen LogP contribution in [-0.4, -0.2) is 37.6 Å². The molecule has 19 heavy (non-hydrogen) atoms. The quantitative estimate of drug-likeness (QED) is 0.784. The number of hydrogen-bond donors (Lipinski definition) is 0. The normalized spacial score (nSPS) is 15.3. The number of carbonyl (C=O) groups is 1. The maximum absolute atomic E-state index is 13.2. The van der Waals surface area contributed by atoms with Crippen molar-refractivity contribution >= 4 is 5.91 Å². The molecule has 1 aliphatic heterocycles. The lowest BCUT2D eigenvalue weighted by Gasteiger charge is -2.26. The Labute approximate surface area is 112 Å². The molecule has 0 unspecified atom stereocenters. The third kappa shape index (κ3) is 3.20. The number of methoxy groups -OCH3 is 1. The first kappa shape index (κ1) is 13.7. The molecule has 1 amide bonds. The summed E-state index contributed by atoms with van der Waals surface area (Å²) in [4.78, 5) is 14.0. The number of carbonyl (C=O) groups excluding carboxylic acids is 1. The highest BCUT2D eigenvalue weighted by molar-refractivity contribution is 5.94. The zero-order valence-electron chi connectivity index (χ0n) is 11.3. The number of rotatable bonds is 3. The molecule has 4 heteroatoms. The molecule has 0 N–H and O–H groups in total. The van der Waals surface area contributed by atoms with Gasteiger partial charge in [-0.15, -0.1) is 0 Å². The lowest BCUT2D eigenvalue weighted by Crippen LogP contribution is -2.35. The van der Waals surface area contributed by atoms with E-state index in [1.54, 1.807) is 31.1 Å². The Balaban J connectivity index is 2.07. The van der Waals surface area contributed by atoms with E-state index in [2.05, 4.69) is 0 Å². The van der Waals surface area contributed by atoms with E-state index in [4.69, 9.17) is 4.74 Å². The molecule has 1 aliphatic rings. The fourth-order valence-corrected chi connectivity index (χ4v) is 2.17. The molecule has 102 valence electrons. The van der Waals surface area contributed by atoms with Crippen molar-refractivity contribution in [1.82, 2.24) is 4.90 Å². The molecule has 0 bridgehead atoms. The standard InChI is InChI=1S/C15H18FNO2/c1-11-9-13(3-4-14(11)16)15(18)17-7-5-12(6-8-17)10-19-2/h3-5,9H,6-8,10H2,1-2H3. The molecule has 1 aromatic carbocycles. The van der Waals surface area contributed by atoms with Gasteiger partial charge in [-0.3, -0.25) is 4.79 Å². The fraction of sp³-hybridized carbons (Fsp3) is 0.400. The van der Waals surface area contributed by atoms with E-state index in [0.717, 1.165) is 6.42 Å². The van der Waals surface area contributed by atoms with Crippen LogP contribution in [0, 0.1) is 12.7 Å². The molecule has 3 nitrogen and oxygen atoms in total. The minimum Gasteiger partial charge on any atom is -0.380 e. The molecule has 0 aliphatic carbocycles. The third-order valence-corrected chi connectivity index (χ3v) is 3.33. The van der Waals surface area contributed by atoms with Crippen LogP contribution in [0.5, 0.6) is 0 Å². The van der Waals surface area contributed by atoms with Gasteiger partial charge in [0.15, 0.2) is 0 Å². The Kier molecular flexibility index (Phi) is 4.32. The van der Waals surface area contributed by atoms with Gasteiger partial charge >= 0.3 is 0 Å². The number of ether oxygens (including phenoxy) is 1. The van der Waals surface area contributed by atoms with Gasteiger partial charge in [-0.25, -0.2) is 4.39 Å². The lowest BCUT2D eigenvalue weighted by atomic mass is 10.1. The number of benzene rings is 1. The second-order valence-corrected chi connectivity index (χ2v) is 4.76. The van der Waals surface area contributed by atoms with E-state index in [-0.39, 0.29) is 11.7 Å². The summed E-state index contributed by atoms with van der Waals surface area (Å²) >= 11 is 0. The van der Waals surface area contributed by atoms with Crippen molar-refractivity contribution in [2.45, 2.75) is 13.3 Å². The molecule has 1 heterocycles. The van der Waals surface area contributed by atoms with Crippen LogP contribution in [-0.2, 0) is 4.74 Å². The zero-order chi connectivity index (χ0) is 13.8. The summed E-state index contributed by atoms with van der Waals surface area (Å²) in [6.45, 7) is 3.56. The van der Waals surface area contributed by atoms with Gasteiger partial charge < -0.3 is 9.64 Å². The van der Waals surface area contributed by atoms with Crippen LogP contribution < -0.4 is 0 Å². The van der Waals surface area contributed by atoms with Crippen LogP contribution in [0.4, 0.5) is 4.39 Å². The lowest BCUT2D eigenvalue weighted by molar-refractivity contribution is 0.0765. The van der Waals surface area contributed by atoms with Gasteiger partial charge in [-0.2, -0.15) is 0 Å². The third-order valence-electron chi connectivity index (χ3n) is 3.33. The van der Waals surface area contributed by atoms with E-state index in [9.17, 15) is 9.18 Å². The first-order valence-corrected chi connectivity index (χ1v) is 6.34. The molecule has 0 fully saturated rings. The maximum atomic E-state index is 13.2. The molecule has 1 aromatic rings. The first-order valence-electron chi connectivity index (χ1n) is 6.34. The number of aryl methyl sites for hydroxylation is 1. The Morgan fingerprint density at radius 3 is 2.84 bits per heavy atom. The van der Waals surface area contributed by atoms with Crippen molar-refractivity contribution in [3.63, 3.8) is 0 Å². The SMILES string of the molecule is COCC1=CCN(C(=O)c2ccc(F)c(C)c2)CC1. The van der Waals surface area contributed by atoms with E-state index < -0.39 is 0 Å². The monoisotopic (exact) mass is 263 g/mol. The van der Waals surface area contributed by atoms with Crippen molar-refractivity contribution in [1.29, 1.82) is 0 Å². The van der Waals surface area contributed by atoms with Gasteiger partial charge in [-0.05, 0) is 42.7 Å². The minimum absolute atomic E-state index is 0.0455. The zero-order valence-corrected chi connectivity index (χ0v) is 11.3. The van der Waals surface area contributed by atoms with Gasteiger partial charge in [0.25, 0.3) is 5.91 Å². The smallest absolute Gasteiger partial charge is 0.254 e. The van der Waals surface area contributed by atoms with Crippen LogP contribution in [0.25, 0.3) is 0 Å². The number of halogens is 1. The van der Waals surface area contributed by atoms with Crippen LogP contribution in [0.2, 0.25) is 0 Å².